The van der Waals surface area contributed by atoms with Crippen molar-refractivity contribution in [2.75, 3.05) is 17.2 Å². The van der Waals surface area contributed by atoms with E-state index in [0.29, 0.717) is 31.5 Å². The monoisotopic (exact) mass is 528 g/mol. The number of nitrogens with zero attached hydrogens (tertiary/aromatic N) is 4. The van der Waals surface area contributed by atoms with Crippen molar-refractivity contribution in [1.29, 1.82) is 0 Å². The molecule has 12 nitrogen and oxygen atoms in total. The summed E-state index contributed by atoms with van der Waals surface area (Å²) in [6, 6.07) is -0.816. The van der Waals surface area contributed by atoms with Crippen LogP contribution in [0.4, 0.5) is 5.13 Å². The summed E-state index contributed by atoms with van der Waals surface area (Å²) >= 11 is 4.94. The molecule has 1 fully saturated rings. The first-order valence-electron chi connectivity index (χ1n) is 9.29. The van der Waals surface area contributed by atoms with Crippen LogP contribution < -0.4 is 11.1 Å². The molecule has 0 bridgehead atoms. The van der Waals surface area contributed by atoms with Gasteiger partial charge < -0.3 is 21.3 Å². The second-order valence-electron chi connectivity index (χ2n) is 6.89. The van der Waals surface area contributed by atoms with Gasteiger partial charge in [0.25, 0.3) is 5.91 Å². The molecule has 2 aromatic heterocycles. The number of carbonyl (C=O) groups excluding carboxylic acids is 2. The van der Waals surface area contributed by atoms with E-state index >= 15 is 0 Å². The number of rotatable bonds is 9. The Balaban J connectivity index is 1.40. The first-order valence-corrected chi connectivity index (χ1v) is 13.0. The molecule has 4 rings (SSSR count). The predicted molar refractivity (Wildman–Crippen MR) is 122 cm³/mol. The molecule has 33 heavy (non-hydrogen) atoms. The van der Waals surface area contributed by atoms with Crippen LogP contribution in [0.15, 0.2) is 21.0 Å². The maximum Gasteiger partial charge on any atom is 0.352 e. The number of nitrogens with one attached hydrogen (secondary N) is 1. The molecule has 1 unspecified atom stereocenters. The third-order valence-corrected chi connectivity index (χ3v) is 8.80. The lowest BCUT2D eigenvalue weighted by Gasteiger charge is -2.49. The Labute approximate surface area is 202 Å². The van der Waals surface area contributed by atoms with E-state index in [2.05, 4.69) is 20.5 Å². The Kier molecular flexibility index (Phi) is 6.87. The van der Waals surface area contributed by atoms with E-state index in [9.17, 15) is 24.3 Å². The number of hydrogen-bond donors (Lipinski definition) is 4. The van der Waals surface area contributed by atoms with Gasteiger partial charge in [0.1, 0.15) is 22.1 Å². The maximum atomic E-state index is 12.7. The van der Waals surface area contributed by atoms with Gasteiger partial charge in [-0.1, -0.05) is 23.1 Å². The van der Waals surface area contributed by atoms with Crippen molar-refractivity contribution in [2.24, 2.45) is 0 Å². The summed E-state index contributed by atoms with van der Waals surface area (Å²) < 4.78 is 0.512. The van der Waals surface area contributed by atoms with Crippen LogP contribution in [0.1, 0.15) is 10.7 Å². The normalized spacial score (nSPS) is 19.8. The third-order valence-electron chi connectivity index (χ3n) is 4.60. The van der Waals surface area contributed by atoms with Gasteiger partial charge in [0.15, 0.2) is 9.47 Å². The van der Waals surface area contributed by atoms with Crippen molar-refractivity contribution in [2.45, 2.75) is 28.6 Å². The first kappa shape index (κ1) is 23.5. The second kappa shape index (κ2) is 9.66. The van der Waals surface area contributed by atoms with Crippen LogP contribution in [0.25, 0.3) is 0 Å². The van der Waals surface area contributed by atoms with Crippen molar-refractivity contribution >= 4 is 75.1 Å². The number of nitrogens with two attached hydrogens (primary N) is 1. The van der Waals surface area contributed by atoms with Crippen LogP contribution in [0.2, 0.25) is 0 Å². The number of thioether (sulfide) groups is 2. The Bertz CT molecular complexity index is 1160. The van der Waals surface area contributed by atoms with Crippen molar-refractivity contribution < 1.29 is 29.4 Å². The number of aliphatic carboxylic acids is 2. The van der Waals surface area contributed by atoms with Gasteiger partial charge >= 0.3 is 11.9 Å². The van der Waals surface area contributed by atoms with Gasteiger partial charge in [-0.2, -0.15) is 0 Å². The quantitative estimate of drug-likeness (QED) is 0.257. The Hall–Kier alpha value is -2.69. The predicted octanol–water partition coefficient (Wildman–Crippen LogP) is 0.277. The molecule has 2 atom stereocenters. The lowest BCUT2D eigenvalue weighted by molar-refractivity contribution is -0.150. The average molecular weight is 529 g/mol. The number of hydrogen-bond acceptors (Lipinski definition) is 12. The van der Waals surface area contributed by atoms with Crippen LogP contribution >= 0.6 is 46.2 Å². The van der Waals surface area contributed by atoms with Gasteiger partial charge in [-0.25, -0.2) is 9.78 Å². The minimum absolute atomic E-state index is 0.0237. The van der Waals surface area contributed by atoms with Crippen LogP contribution in [0.3, 0.4) is 0 Å². The highest BCUT2D eigenvalue weighted by molar-refractivity contribution is 8.01. The molecule has 4 heterocycles. The fourth-order valence-corrected chi connectivity index (χ4v) is 7.17. The fraction of sp³-hybridized carbons (Fsp3) is 0.353. The molecule has 2 amide bonds. The SMILES string of the molecule is Nc1nc(CC(=O)NC2C(=O)N3C(C(=O)O)=C(CSc4nnc(CC(=O)O)s4)CS[C@@H]23)cs1. The van der Waals surface area contributed by atoms with Crippen LogP contribution in [-0.4, -0.2) is 77.0 Å². The molecule has 2 aliphatic rings. The Morgan fingerprint density at radius 2 is 2.06 bits per heavy atom. The molecule has 0 saturated carbocycles. The zero-order chi connectivity index (χ0) is 23.7. The molecule has 5 N–H and O–H groups in total. The number of β-lactam (4-membered cyclic amide) rings is 1. The van der Waals surface area contributed by atoms with Crippen LogP contribution in [-0.2, 0) is 32.0 Å². The molecule has 16 heteroatoms. The minimum atomic E-state index is -1.23. The summed E-state index contributed by atoms with van der Waals surface area (Å²) in [5, 5.41) is 30.8. The number of carboxylic acids is 2. The molecular formula is C17H16N6O6S4. The molecule has 174 valence electrons. The van der Waals surface area contributed by atoms with Gasteiger partial charge in [-0.05, 0) is 5.57 Å². The minimum Gasteiger partial charge on any atom is -0.481 e. The molecule has 1 saturated heterocycles. The van der Waals surface area contributed by atoms with E-state index in [-0.39, 0.29) is 24.3 Å². The molecule has 0 aromatic carbocycles. The number of carboxylic acid groups (broad SMARTS) is 2. The number of aromatic nitrogens is 3. The number of anilines is 1. The smallest absolute Gasteiger partial charge is 0.352 e. The fourth-order valence-electron chi connectivity index (χ4n) is 3.23. The molecule has 2 aliphatic heterocycles. The number of amides is 2. The molecular weight excluding hydrogens is 512 g/mol. The zero-order valence-corrected chi connectivity index (χ0v) is 19.9. The molecule has 0 aliphatic carbocycles. The summed E-state index contributed by atoms with van der Waals surface area (Å²) in [6.45, 7) is 0. The summed E-state index contributed by atoms with van der Waals surface area (Å²) in [5.74, 6) is -2.50. The van der Waals surface area contributed by atoms with E-state index < -0.39 is 35.2 Å². The van der Waals surface area contributed by atoms with Gasteiger partial charge in [0, 0.05) is 16.9 Å². The molecule has 0 spiro atoms. The Morgan fingerprint density at radius 1 is 1.27 bits per heavy atom. The zero-order valence-electron chi connectivity index (χ0n) is 16.6. The van der Waals surface area contributed by atoms with E-state index in [1.54, 1.807) is 5.38 Å². The first-order chi connectivity index (χ1) is 15.7. The van der Waals surface area contributed by atoms with Crippen molar-refractivity contribution in [3.63, 3.8) is 0 Å². The average Bonchev–Trinajstić information content (AvgIpc) is 3.37. The van der Waals surface area contributed by atoms with Crippen molar-refractivity contribution in [1.82, 2.24) is 25.4 Å². The summed E-state index contributed by atoms with van der Waals surface area (Å²) in [5.41, 5.74) is 6.51. The summed E-state index contributed by atoms with van der Waals surface area (Å²) in [6.07, 6.45) is -0.256. The van der Waals surface area contributed by atoms with Crippen molar-refractivity contribution in [3.8, 4) is 0 Å². The third kappa shape index (κ3) is 5.13. The second-order valence-corrected chi connectivity index (χ2v) is 11.2. The number of nitrogen functional groups attached to an aromatic ring is 1. The van der Waals surface area contributed by atoms with E-state index in [4.69, 9.17) is 10.8 Å². The molecule has 2 aromatic rings. The maximum absolute atomic E-state index is 12.7. The lowest BCUT2D eigenvalue weighted by Crippen LogP contribution is -2.70. The van der Waals surface area contributed by atoms with Gasteiger partial charge in [0.2, 0.25) is 5.91 Å². The van der Waals surface area contributed by atoms with Gasteiger partial charge in [0.05, 0.1) is 18.5 Å². The van der Waals surface area contributed by atoms with E-state index in [0.717, 1.165) is 11.3 Å². The Morgan fingerprint density at radius 3 is 2.73 bits per heavy atom. The van der Waals surface area contributed by atoms with Gasteiger partial charge in [-0.15, -0.1) is 33.3 Å². The standard InChI is InChI=1S/C17H16N6O6S4/c18-16-19-7(5-31-16)1-8(24)20-11-13(27)23-12(15(28)29)6(3-30-14(11)23)4-32-17-22-21-9(33-17)2-10(25)26/h5,11,14H,1-4H2,(H2,18,19)(H,20,24)(H,25,26)(H,28,29)/t11?,14-/m0/s1. The largest absolute Gasteiger partial charge is 0.481 e. The highest BCUT2D eigenvalue weighted by atomic mass is 32.2. The van der Waals surface area contributed by atoms with Crippen LogP contribution in [0, 0.1) is 0 Å². The topological polar surface area (TPSA) is 189 Å². The molecule has 0 radical (unpaired) electrons. The van der Waals surface area contributed by atoms with Crippen molar-refractivity contribution in [3.05, 3.63) is 27.4 Å². The lowest BCUT2D eigenvalue weighted by atomic mass is 10.0. The number of carbonyl (C=O) groups is 4. The number of thiazole rings is 1. The summed E-state index contributed by atoms with van der Waals surface area (Å²) in [4.78, 5) is 53.0. The highest BCUT2D eigenvalue weighted by Gasteiger charge is 2.54. The van der Waals surface area contributed by atoms with Crippen LogP contribution in [0.5, 0.6) is 0 Å². The van der Waals surface area contributed by atoms with Gasteiger partial charge in [-0.3, -0.25) is 19.3 Å². The summed E-state index contributed by atoms with van der Waals surface area (Å²) in [7, 11) is 0. The highest BCUT2D eigenvalue weighted by Crippen LogP contribution is 2.41. The van der Waals surface area contributed by atoms with E-state index in [1.165, 1.54) is 39.8 Å². The number of fused-ring (bicyclic) bond motifs is 1. The van der Waals surface area contributed by atoms with E-state index in [1.807, 2.05) is 0 Å².